The van der Waals surface area contributed by atoms with Gasteiger partial charge in [-0.2, -0.15) is 11.8 Å². The van der Waals surface area contributed by atoms with Crippen molar-refractivity contribution in [1.82, 2.24) is 4.90 Å². The lowest BCUT2D eigenvalue weighted by Gasteiger charge is -2.30. The Morgan fingerprint density at radius 1 is 1.38 bits per heavy atom. The van der Waals surface area contributed by atoms with Gasteiger partial charge in [0, 0.05) is 12.2 Å². The topological polar surface area (TPSA) is 52.6 Å². The van der Waals surface area contributed by atoms with Crippen LogP contribution in [0.5, 0.6) is 0 Å². The van der Waals surface area contributed by atoms with Gasteiger partial charge in [0.15, 0.2) is 0 Å². The highest BCUT2D eigenvalue weighted by atomic mass is 32.2. The lowest BCUT2D eigenvalue weighted by atomic mass is 9.95. The number of hydrogen-bond donors (Lipinski definition) is 2. The van der Waals surface area contributed by atoms with E-state index in [1.807, 2.05) is 33.2 Å². The van der Waals surface area contributed by atoms with Gasteiger partial charge in [-0.1, -0.05) is 12.1 Å². The van der Waals surface area contributed by atoms with Crippen molar-refractivity contribution >= 4 is 23.4 Å². The van der Waals surface area contributed by atoms with Gasteiger partial charge in [-0.3, -0.25) is 4.79 Å². The van der Waals surface area contributed by atoms with Gasteiger partial charge in [0.2, 0.25) is 0 Å². The fourth-order valence-electron chi connectivity index (χ4n) is 2.44. The van der Waals surface area contributed by atoms with E-state index in [4.69, 9.17) is 0 Å². The number of carbonyl (C=O) groups is 1. The van der Waals surface area contributed by atoms with E-state index in [-0.39, 0.29) is 5.91 Å². The summed E-state index contributed by atoms with van der Waals surface area (Å²) in [6.45, 7) is 2.79. The molecule has 1 aromatic carbocycles. The van der Waals surface area contributed by atoms with Gasteiger partial charge in [0.1, 0.15) is 5.60 Å². The first-order valence-electron chi connectivity index (χ1n) is 7.26. The van der Waals surface area contributed by atoms with Gasteiger partial charge >= 0.3 is 0 Å². The van der Waals surface area contributed by atoms with E-state index in [1.165, 1.54) is 0 Å². The Kier molecular flexibility index (Phi) is 5.30. The van der Waals surface area contributed by atoms with Gasteiger partial charge in [0.25, 0.3) is 5.91 Å². The van der Waals surface area contributed by atoms with Crippen LogP contribution < -0.4 is 5.32 Å². The molecule has 116 valence electrons. The normalized spacial score (nSPS) is 17.8. The van der Waals surface area contributed by atoms with Gasteiger partial charge in [-0.15, -0.1) is 0 Å². The summed E-state index contributed by atoms with van der Waals surface area (Å²) in [7, 11) is 4.03. The molecule has 2 N–H and O–H groups in total. The van der Waals surface area contributed by atoms with Gasteiger partial charge in [-0.05, 0) is 62.6 Å². The summed E-state index contributed by atoms with van der Waals surface area (Å²) in [5.74, 6) is 1.40. The van der Waals surface area contributed by atoms with Crippen LogP contribution in [0.4, 0.5) is 5.69 Å². The number of rotatable bonds is 4. The van der Waals surface area contributed by atoms with E-state index in [0.717, 1.165) is 34.9 Å². The van der Waals surface area contributed by atoms with Crippen molar-refractivity contribution in [2.45, 2.75) is 31.9 Å². The smallest absolute Gasteiger partial charge is 0.256 e. The highest BCUT2D eigenvalue weighted by Crippen LogP contribution is 2.29. The standard InChI is InChI=1S/C16H24N2O2S/c1-12-4-5-13(11-18(2)3)10-14(12)17-15(19)16(20)6-8-21-9-7-16/h4-5,10,20H,6-9,11H2,1-3H3,(H,17,19). The summed E-state index contributed by atoms with van der Waals surface area (Å²) in [6.07, 6.45) is 1.06. The number of anilines is 1. The van der Waals surface area contributed by atoms with Crippen LogP contribution >= 0.6 is 11.8 Å². The number of aryl methyl sites for hydroxylation is 1. The van der Waals surface area contributed by atoms with Crippen molar-refractivity contribution in [2.75, 3.05) is 30.9 Å². The number of carbonyl (C=O) groups excluding carboxylic acids is 1. The quantitative estimate of drug-likeness (QED) is 0.896. The Bertz CT molecular complexity index is 511. The number of benzene rings is 1. The number of hydrogen-bond acceptors (Lipinski definition) is 4. The highest BCUT2D eigenvalue weighted by molar-refractivity contribution is 7.99. The van der Waals surface area contributed by atoms with Gasteiger partial charge in [0.05, 0.1) is 0 Å². The average molecular weight is 308 g/mol. The molecule has 4 nitrogen and oxygen atoms in total. The number of thioether (sulfide) groups is 1. The summed E-state index contributed by atoms with van der Waals surface area (Å²) in [4.78, 5) is 14.5. The predicted octanol–water partition coefficient (Wildman–Crippen LogP) is 2.25. The monoisotopic (exact) mass is 308 g/mol. The van der Waals surface area contributed by atoms with E-state index >= 15 is 0 Å². The second-order valence-corrected chi connectivity index (χ2v) is 7.21. The molecule has 1 heterocycles. The Hall–Kier alpha value is -1.04. The Labute approximate surface area is 130 Å². The summed E-state index contributed by atoms with van der Waals surface area (Å²) in [5.41, 5.74) is 1.74. The molecule has 1 saturated heterocycles. The molecule has 0 aliphatic carbocycles. The summed E-state index contributed by atoms with van der Waals surface area (Å²) >= 11 is 1.79. The molecular weight excluding hydrogens is 284 g/mol. The van der Waals surface area contributed by atoms with Crippen molar-refractivity contribution in [3.63, 3.8) is 0 Å². The Morgan fingerprint density at radius 3 is 2.67 bits per heavy atom. The maximum Gasteiger partial charge on any atom is 0.256 e. The first-order chi connectivity index (χ1) is 9.90. The molecular formula is C16H24N2O2S. The highest BCUT2D eigenvalue weighted by Gasteiger charge is 2.37. The van der Waals surface area contributed by atoms with E-state index < -0.39 is 5.60 Å². The summed E-state index contributed by atoms with van der Waals surface area (Å²) in [6, 6.07) is 6.07. The molecule has 0 radical (unpaired) electrons. The first-order valence-corrected chi connectivity index (χ1v) is 8.42. The Balaban J connectivity index is 2.12. The van der Waals surface area contributed by atoms with Crippen LogP contribution in [0.2, 0.25) is 0 Å². The fraction of sp³-hybridized carbons (Fsp3) is 0.562. The van der Waals surface area contributed by atoms with Gasteiger partial charge < -0.3 is 15.3 Å². The average Bonchev–Trinajstić information content (AvgIpc) is 2.42. The van der Waals surface area contributed by atoms with E-state index in [1.54, 1.807) is 11.8 Å². The minimum Gasteiger partial charge on any atom is -0.380 e. The molecule has 1 fully saturated rings. The third-order valence-electron chi connectivity index (χ3n) is 3.79. The van der Waals surface area contributed by atoms with Crippen LogP contribution in [0.1, 0.15) is 24.0 Å². The first kappa shape index (κ1) is 16.3. The molecule has 0 saturated carbocycles. The molecule has 0 aromatic heterocycles. The second kappa shape index (κ2) is 6.81. The number of amides is 1. The SMILES string of the molecule is Cc1ccc(CN(C)C)cc1NC(=O)C1(O)CCSCC1. The van der Waals surface area contributed by atoms with Crippen LogP contribution in [0.3, 0.4) is 0 Å². The van der Waals surface area contributed by atoms with Crippen LogP contribution in [0, 0.1) is 6.92 Å². The molecule has 5 heteroatoms. The van der Waals surface area contributed by atoms with Crippen molar-refractivity contribution in [2.24, 2.45) is 0 Å². The number of nitrogens with zero attached hydrogens (tertiary/aromatic N) is 1. The molecule has 0 bridgehead atoms. The van der Waals surface area contributed by atoms with Crippen molar-refractivity contribution < 1.29 is 9.90 Å². The zero-order valence-corrected chi connectivity index (χ0v) is 13.8. The van der Waals surface area contributed by atoms with E-state index in [2.05, 4.69) is 16.3 Å². The molecule has 1 aromatic rings. The zero-order chi connectivity index (χ0) is 15.5. The maximum absolute atomic E-state index is 12.4. The van der Waals surface area contributed by atoms with Crippen LogP contribution in [0.15, 0.2) is 18.2 Å². The number of nitrogens with one attached hydrogen (secondary N) is 1. The molecule has 0 unspecified atom stereocenters. The summed E-state index contributed by atoms with van der Waals surface area (Å²) in [5, 5.41) is 13.4. The van der Waals surface area contributed by atoms with Crippen LogP contribution in [-0.4, -0.2) is 47.1 Å². The Morgan fingerprint density at radius 2 is 2.05 bits per heavy atom. The lowest BCUT2D eigenvalue weighted by Crippen LogP contribution is -2.45. The zero-order valence-electron chi connectivity index (χ0n) is 13.0. The van der Waals surface area contributed by atoms with Crippen molar-refractivity contribution in [3.05, 3.63) is 29.3 Å². The number of aliphatic hydroxyl groups is 1. The summed E-state index contributed by atoms with van der Waals surface area (Å²) < 4.78 is 0. The second-order valence-electron chi connectivity index (χ2n) is 5.99. The molecule has 21 heavy (non-hydrogen) atoms. The van der Waals surface area contributed by atoms with Crippen LogP contribution in [-0.2, 0) is 11.3 Å². The molecule has 1 aliphatic heterocycles. The molecule has 0 atom stereocenters. The minimum absolute atomic E-state index is 0.270. The van der Waals surface area contributed by atoms with Crippen molar-refractivity contribution in [3.8, 4) is 0 Å². The molecule has 1 aliphatic rings. The largest absolute Gasteiger partial charge is 0.380 e. The van der Waals surface area contributed by atoms with E-state index in [0.29, 0.717) is 12.8 Å². The molecule has 2 rings (SSSR count). The fourth-order valence-corrected chi connectivity index (χ4v) is 3.61. The predicted molar refractivity (Wildman–Crippen MR) is 88.7 cm³/mol. The maximum atomic E-state index is 12.4. The van der Waals surface area contributed by atoms with Crippen molar-refractivity contribution in [1.29, 1.82) is 0 Å². The van der Waals surface area contributed by atoms with E-state index in [9.17, 15) is 9.90 Å². The molecule has 1 amide bonds. The minimum atomic E-state index is -1.21. The lowest BCUT2D eigenvalue weighted by molar-refractivity contribution is -0.134. The third-order valence-corrected chi connectivity index (χ3v) is 4.78. The van der Waals surface area contributed by atoms with Gasteiger partial charge in [-0.25, -0.2) is 0 Å². The third kappa shape index (κ3) is 4.22. The molecule has 0 spiro atoms. The van der Waals surface area contributed by atoms with Crippen LogP contribution in [0.25, 0.3) is 0 Å².